The predicted molar refractivity (Wildman–Crippen MR) is 44.9 cm³/mol. The fourth-order valence-corrected chi connectivity index (χ4v) is 0.899. The molecule has 0 saturated heterocycles. The van der Waals surface area contributed by atoms with Gasteiger partial charge in [0.2, 0.25) is 6.29 Å². The molecule has 0 heterocycles. The molecule has 25 heavy (non-hydrogen) atoms. The van der Waals surface area contributed by atoms with Crippen molar-refractivity contribution in [1.82, 2.24) is 0 Å². The van der Waals surface area contributed by atoms with Gasteiger partial charge in [0.15, 0.2) is 0 Å². The number of hydrogen-bond donors (Lipinski definition) is 0. The average Bonchev–Trinajstić information content (AvgIpc) is 2.29. The first-order valence-corrected chi connectivity index (χ1v) is 5.26. The van der Waals surface area contributed by atoms with E-state index in [-0.39, 0.29) is 0 Å². The highest BCUT2D eigenvalue weighted by Gasteiger charge is 2.67. The third-order valence-corrected chi connectivity index (χ3v) is 1.84. The summed E-state index contributed by atoms with van der Waals surface area (Å²) in [5, 5.41) is 0. The van der Waals surface area contributed by atoms with Gasteiger partial charge in [-0.2, -0.15) is 43.9 Å². The van der Waals surface area contributed by atoms with Gasteiger partial charge in [-0.3, -0.25) is 4.74 Å². The van der Waals surface area contributed by atoms with Crippen LogP contribution in [0.5, 0.6) is 0 Å². The monoisotopic (exact) mass is 414 g/mol. The van der Waals surface area contributed by atoms with Gasteiger partial charge in [0.1, 0.15) is 6.61 Å². The summed E-state index contributed by atoms with van der Waals surface area (Å²) in [4.78, 5) is 0. The topological polar surface area (TPSA) is 27.7 Å². The standard InChI is InChI=1S/C8H4F14O3/c9-2(24-8(20,21)22)6(15,16)25-3(23-1-4(10,11)12)5(13,14)7(17,18)19/h2-3H,1H2. The van der Waals surface area contributed by atoms with Crippen molar-refractivity contribution in [2.45, 2.75) is 43.4 Å². The molecule has 0 rings (SSSR count). The Balaban J connectivity index is 5.48. The van der Waals surface area contributed by atoms with Crippen molar-refractivity contribution in [2.75, 3.05) is 6.61 Å². The van der Waals surface area contributed by atoms with E-state index in [1.54, 1.807) is 0 Å². The van der Waals surface area contributed by atoms with E-state index in [0.29, 0.717) is 0 Å². The van der Waals surface area contributed by atoms with Crippen LogP contribution in [0.3, 0.4) is 0 Å². The van der Waals surface area contributed by atoms with E-state index in [1.165, 1.54) is 0 Å². The van der Waals surface area contributed by atoms with Crippen LogP contribution in [0.1, 0.15) is 0 Å². The van der Waals surface area contributed by atoms with E-state index >= 15 is 0 Å². The summed E-state index contributed by atoms with van der Waals surface area (Å²) in [5.74, 6) is -6.58. The molecule has 0 aliphatic carbocycles. The second-order valence-electron chi connectivity index (χ2n) is 3.94. The van der Waals surface area contributed by atoms with Crippen molar-refractivity contribution in [3.63, 3.8) is 0 Å². The lowest BCUT2D eigenvalue weighted by molar-refractivity contribution is -0.467. The zero-order valence-corrected chi connectivity index (χ0v) is 10.9. The third-order valence-electron chi connectivity index (χ3n) is 1.84. The molecule has 0 aromatic rings. The van der Waals surface area contributed by atoms with E-state index in [1.807, 2.05) is 4.74 Å². The normalized spacial score (nSPS) is 17.5. The van der Waals surface area contributed by atoms with E-state index in [2.05, 4.69) is 9.47 Å². The van der Waals surface area contributed by atoms with Gasteiger partial charge in [0.05, 0.1) is 0 Å². The molecule has 0 aliphatic heterocycles. The van der Waals surface area contributed by atoms with Crippen LogP contribution in [0.15, 0.2) is 0 Å². The molecular weight excluding hydrogens is 410 g/mol. The van der Waals surface area contributed by atoms with Crippen LogP contribution in [0.25, 0.3) is 0 Å². The van der Waals surface area contributed by atoms with Crippen molar-refractivity contribution >= 4 is 0 Å². The lowest BCUT2D eigenvalue weighted by Gasteiger charge is -2.32. The number of alkyl halides is 14. The summed E-state index contributed by atoms with van der Waals surface area (Å²) in [6.45, 7) is -3.00. The fourth-order valence-electron chi connectivity index (χ4n) is 0.899. The maximum atomic E-state index is 12.9. The smallest absolute Gasteiger partial charge is 0.337 e. The van der Waals surface area contributed by atoms with Gasteiger partial charge in [-0.15, -0.1) is 13.2 Å². The first-order valence-electron chi connectivity index (χ1n) is 5.26. The number of hydrogen-bond acceptors (Lipinski definition) is 3. The van der Waals surface area contributed by atoms with Crippen LogP contribution in [0, 0.1) is 0 Å². The van der Waals surface area contributed by atoms with Crippen LogP contribution in [-0.2, 0) is 14.2 Å². The van der Waals surface area contributed by atoms with Gasteiger partial charge < -0.3 is 4.74 Å². The summed E-state index contributed by atoms with van der Waals surface area (Å²) < 4.78 is 177. The molecule has 2 unspecified atom stereocenters. The Morgan fingerprint density at radius 3 is 1.44 bits per heavy atom. The zero-order valence-electron chi connectivity index (χ0n) is 10.9. The minimum absolute atomic E-state index is 2.00. The van der Waals surface area contributed by atoms with E-state index in [9.17, 15) is 61.5 Å². The highest BCUT2D eigenvalue weighted by molar-refractivity contribution is 4.82. The number of halogens is 14. The Kier molecular flexibility index (Phi) is 6.94. The first kappa shape index (κ1) is 23.9. The second kappa shape index (κ2) is 7.26. The Morgan fingerprint density at radius 2 is 1.12 bits per heavy atom. The van der Waals surface area contributed by atoms with Crippen LogP contribution in [-0.4, -0.2) is 50.0 Å². The Hall–Kier alpha value is -1.10. The second-order valence-corrected chi connectivity index (χ2v) is 3.94. The molecule has 17 heteroatoms. The molecule has 0 aliphatic rings. The quantitative estimate of drug-likeness (QED) is 0.453. The lowest BCUT2D eigenvalue weighted by atomic mass is 10.3. The minimum Gasteiger partial charge on any atom is -0.337 e. The molecule has 0 fully saturated rings. The highest BCUT2D eigenvalue weighted by Crippen LogP contribution is 2.43. The van der Waals surface area contributed by atoms with Crippen molar-refractivity contribution in [2.24, 2.45) is 0 Å². The summed E-state index contributed by atoms with van der Waals surface area (Å²) in [6.07, 6.45) is -34.7. The third kappa shape index (κ3) is 7.76. The number of rotatable bonds is 7. The first-order chi connectivity index (χ1) is 10.7. The van der Waals surface area contributed by atoms with Crippen molar-refractivity contribution < 1.29 is 75.7 Å². The SMILES string of the molecule is FC(OC(F)(F)F)C(F)(F)OC(OCC(F)(F)F)C(F)(F)C(F)(F)F. The molecule has 0 bridgehead atoms. The molecule has 0 spiro atoms. The Morgan fingerprint density at radius 1 is 0.680 bits per heavy atom. The minimum atomic E-state index is -6.84. The highest BCUT2D eigenvalue weighted by atomic mass is 19.4. The van der Waals surface area contributed by atoms with Gasteiger partial charge in [0.25, 0.3) is 6.36 Å². The lowest BCUT2D eigenvalue weighted by Crippen LogP contribution is -2.54. The molecule has 0 radical (unpaired) electrons. The molecule has 2 atom stereocenters. The predicted octanol–water partition coefficient (Wildman–Crippen LogP) is 4.53. The van der Waals surface area contributed by atoms with Gasteiger partial charge in [-0.25, -0.2) is 9.13 Å². The average molecular weight is 414 g/mol. The number of ether oxygens (including phenoxy) is 3. The zero-order chi connectivity index (χ0) is 20.5. The molecule has 0 N–H and O–H groups in total. The fraction of sp³-hybridized carbons (Fsp3) is 1.00. The van der Waals surface area contributed by atoms with Crippen LogP contribution in [0.2, 0.25) is 0 Å². The van der Waals surface area contributed by atoms with Crippen molar-refractivity contribution in [1.29, 1.82) is 0 Å². The van der Waals surface area contributed by atoms with Crippen molar-refractivity contribution in [3.05, 3.63) is 0 Å². The maximum absolute atomic E-state index is 12.9. The van der Waals surface area contributed by atoms with Gasteiger partial charge in [0, 0.05) is 0 Å². The molecule has 3 nitrogen and oxygen atoms in total. The molecule has 152 valence electrons. The van der Waals surface area contributed by atoms with Crippen molar-refractivity contribution in [3.8, 4) is 0 Å². The maximum Gasteiger partial charge on any atom is 0.525 e. The van der Waals surface area contributed by atoms with Gasteiger partial charge in [-0.05, 0) is 0 Å². The summed E-state index contributed by atoms with van der Waals surface area (Å²) in [7, 11) is 0. The Bertz CT molecular complexity index is 423. The van der Waals surface area contributed by atoms with Crippen LogP contribution >= 0.6 is 0 Å². The van der Waals surface area contributed by atoms with Gasteiger partial charge >= 0.3 is 30.7 Å². The van der Waals surface area contributed by atoms with E-state index < -0.39 is 50.0 Å². The van der Waals surface area contributed by atoms with Gasteiger partial charge in [-0.1, -0.05) is 0 Å². The van der Waals surface area contributed by atoms with Crippen LogP contribution in [0.4, 0.5) is 61.5 Å². The Labute approximate surface area is 127 Å². The van der Waals surface area contributed by atoms with E-state index in [0.717, 1.165) is 0 Å². The van der Waals surface area contributed by atoms with Crippen LogP contribution < -0.4 is 0 Å². The molecule has 0 amide bonds. The summed E-state index contributed by atoms with van der Waals surface area (Å²) >= 11 is 0. The largest absolute Gasteiger partial charge is 0.525 e. The molecule has 0 aromatic heterocycles. The molecule has 0 aromatic carbocycles. The van der Waals surface area contributed by atoms with E-state index in [4.69, 9.17) is 0 Å². The molecular formula is C8H4F14O3. The molecule has 0 saturated carbocycles. The summed E-state index contributed by atoms with van der Waals surface area (Å²) in [6, 6.07) is 0. The summed E-state index contributed by atoms with van der Waals surface area (Å²) in [5.41, 5.74) is 0.